The van der Waals surface area contributed by atoms with Gasteiger partial charge in [-0.3, -0.25) is 9.59 Å². The Hall–Kier alpha value is -2.63. The number of carbonyl (C=O) groups excluding carboxylic acids is 2. The van der Waals surface area contributed by atoms with E-state index in [-0.39, 0.29) is 5.70 Å². The number of carbonyl (C=O) groups is 3. The van der Waals surface area contributed by atoms with Crippen molar-refractivity contribution >= 4 is 23.9 Å². The van der Waals surface area contributed by atoms with E-state index in [1.807, 2.05) is 0 Å². The fourth-order valence-corrected chi connectivity index (χ4v) is 1.34. The highest BCUT2D eigenvalue weighted by Crippen LogP contribution is 2.15. The maximum absolute atomic E-state index is 10.9. The number of rotatable bonds is 4. The van der Waals surface area contributed by atoms with Gasteiger partial charge < -0.3 is 15.2 Å². The van der Waals surface area contributed by atoms with Gasteiger partial charge in [0.15, 0.2) is 0 Å². The Labute approximate surface area is 109 Å². The van der Waals surface area contributed by atoms with Crippen molar-refractivity contribution in [2.75, 3.05) is 0 Å². The van der Waals surface area contributed by atoms with Crippen molar-refractivity contribution in [1.29, 1.82) is 0 Å². The second-order valence-corrected chi connectivity index (χ2v) is 3.71. The molecule has 0 saturated heterocycles. The second-order valence-electron chi connectivity index (χ2n) is 3.71. The second kappa shape index (κ2) is 6.34. The van der Waals surface area contributed by atoms with Crippen LogP contribution < -0.4 is 10.1 Å². The van der Waals surface area contributed by atoms with Crippen molar-refractivity contribution in [2.45, 2.75) is 13.8 Å². The normalized spacial score (nSPS) is 10.7. The summed E-state index contributed by atoms with van der Waals surface area (Å²) in [5, 5.41) is 11.1. The largest absolute Gasteiger partial charge is 0.477 e. The lowest BCUT2D eigenvalue weighted by Gasteiger charge is -2.05. The van der Waals surface area contributed by atoms with E-state index < -0.39 is 17.8 Å². The number of aliphatic carboxylic acids is 1. The first-order valence-electron chi connectivity index (χ1n) is 5.39. The smallest absolute Gasteiger partial charge is 0.352 e. The molecule has 0 aromatic heterocycles. The van der Waals surface area contributed by atoms with Crippen molar-refractivity contribution in [3.8, 4) is 5.75 Å². The van der Waals surface area contributed by atoms with Gasteiger partial charge in [-0.1, -0.05) is 12.1 Å². The Morgan fingerprint density at radius 1 is 1.26 bits per heavy atom. The molecule has 6 heteroatoms. The third-order valence-electron chi connectivity index (χ3n) is 1.97. The van der Waals surface area contributed by atoms with Crippen LogP contribution >= 0.6 is 0 Å². The van der Waals surface area contributed by atoms with E-state index in [1.165, 1.54) is 26.0 Å². The summed E-state index contributed by atoms with van der Waals surface area (Å²) in [4.78, 5) is 32.6. The van der Waals surface area contributed by atoms with Crippen LogP contribution in [-0.2, 0) is 14.4 Å². The third kappa shape index (κ3) is 5.03. The molecule has 1 rings (SSSR count). The molecule has 6 nitrogen and oxygen atoms in total. The number of esters is 1. The summed E-state index contributed by atoms with van der Waals surface area (Å²) in [7, 11) is 0. The lowest BCUT2D eigenvalue weighted by molar-refractivity contribution is -0.134. The van der Waals surface area contributed by atoms with Crippen LogP contribution in [0.15, 0.2) is 30.0 Å². The van der Waals surface area contributed by atoms with Gasteiger partial charge in [-0.25, -0.2) is 4.79 Å². The van der Waals surface area contributed by atoms with Crippen LogP contribution in [0.5, 0.6) is 5.75 Å². The van der Waals surface area contributed by atoms with Gasteiger partial charge in [0.2, 0.25) is 5.91 Å². The van der Waals surface area contributed by atoms with Gasteiger partial charge in [-0.15, -0.1) is 0 Å². The molecule has 2 N–H and O–H groups in total. The maximum atomic E-state index is 10.9. The van der Waals surface area contributed by atoms with Crippen molar-refractivity contribution in [1.82, 2.24) is 5.32 Å². The van der Waals surface area contributed by atoms with Crippen LogP contribution in [-0.4, -0.2) is 23.0 Å². The number of hydrogen-bond donors (Lipinski definition) is 2. The van der Waals surface area contributed by atoms with Gasteiger partial charge in [0.25, 0.3) is 0 Å². The monoisotopic (exact) mass is 263 g/mol. The van der Waals surface area contributed by atoms with Gasteiger partial charge in [0.05, 0.1) is 0 Å². The summed E-state index contributed by atoms with van der Waals surface area (Å²) in [6, 6.07) is 6.29. The molecule has 0 atom stereocenters. The average molecular weight is 263 g/mol. The molecule has 0 fully saturated rings. The zero-order valence-electron chi connectivity index (χ0n) is 10.5. The molecule has 0 aliphatic heterocycles. The first-order valence-corrected chi connectivity index (χ1v) is 5.39. The molecule has 0 radical (unpaired) electrons. The summed E-state index contributed by atoms with van der Waals surface area (Å²) in [5.74, 6) is -1.91. The Kier molecular flexibility index (Phi) is 4.82. The minimum atomic E-state index is -1.26. The lowest BCUT2D eigenvalue weighted by Crippen LogP contribution is -2.24. The van der Waals surface area contributed by atoms with Crippen molar-refractivity contribution < 1.29 is 24.2 Å². The average Bonchev–Trinajstić information content (AvgIpc) is 2.26. The van der Waals surface area contributed by atoms with Crippen molar-refractivity contribution in [2.24, 2.45) is 0 Å². The standard InChI is InChI=1S/C13H13NO5/c1-8(15)14-12(13(17)18)7-10-4-3-5-11(6-10)19-9(2)16/h3-7H,1-2H3,(H,14,15)(H,17,18)/b12-7+. The van der Waals surface area contributed by atoms with E-state index in [2.05, 4.69) is 5.32 Å². The van der Waals surface area contributed by atoms with Crippen molar-refractivity contribution in [3.63, 3.8) is 0 Å². The summed E-state index contributed by atoms with van der Waals surface area (Å²) >= 11 is 0. The molecule has 100 valence electrons. The molecule has 0 heterocycles. The van der Waals surface area contributed by atoms with E-state index >= 15 is 0 Å². The summed E-state index contributed by atoms with van der Waals surface area (Å²) in [6.07, 6.45) is 1.27. The zero-order chi connectivity index (χ0) is 14.4. The number of carboxylic acids is 1. The van der Waals surface area contributed by atoms with Crippen LogP contribution in [0.25, 0.3) is 6.08 Å². The fraction of sp³-hybridized carbons (Fsp3) is 0.154. The number of hydrogen-bond acceptors (Lipinski definition) is 4. The highest BCUT2D eigenvalue weighted by Gasteiger charge is 2.09. The number of benzene rings is 1. The summed E-state index contributed by atoms with van der Waals surface area (Å²) in [5.41, 5.74) is 0.234. The molecule has 1 aromatic carbocycles. The van der Waals surface area contributed by atoms with Crippen LogP contribution in [0.4, 0.5) is 0 Å². The Morgan fingerprint density at radius 3 is 2.47 bits per heavy atom. The predicted octanol–water partition coefficient (Wildman–Crippen LogP) is 1.17. The fourth-order valence-electron chi connectivity index (χ4n) is 1.34. The van der Waals surface area contributed by atoms with Gasteiger partial charge in [-0.2, -0.15) is 0 Å². The molecule has 1 amide bonds. The first kappa shape index (κ1) is 14.4. The molecule has 0 aliphatic carbocycles. The lowest BCUT2D eigenvalue weighted by atomic mass is 10.2. The molecular formula is C13H13NO5. The van der Waals surface area contributed by atoms with Crippen LogP contribution in [0.1, 0.15) is 19.4 Å². The molecular weight excluding hydrogens is 250 g/mol. The quantitative estimate of drug-likeness (QED) is 0.483. The summed E-state index contributed by atoms with van der Waals surface area (Å²) in [6.45, 7) is 2.48. The van der Waals surface area contributed by atoms with Crippen molar-refractivity contribution in [3.05, 3.63) is 35.5 Å². The van der Waals surface area contributed by atoms with Crippen LogP contribution in [0, 0.1) is 0 Å². The molecule has 1 aromatic rings. The first-order chi connectivity index (χ1) is 8.88. The third-order valence-corrected chi connectivity index (χ3v) is 1.97. The van der Waals surface area contributed by atoms with E-state index in [1.54, 1.807) is 18.2 Å². The Balaban J connectivity index is 3.03. The number of amides is 1. The van der Waals surface area contributed by atoms with E-state index in [0.717, 1.165) is 0 Å². The highest BCUT2D eigenvalue weighted by molar-refractivity contribution is 5.96. The SMILES string of the molecule is CC(=O)N/C(=C/c1cccc(OC(C)=O)c1)C(=O)O. The topological polar surface area (TPSA) is 92.7 Å². The number of ether oxygens (including phenoxy) is 1. The maximum Gasteiger partial charge on any atom is 0.352 e. The Morgan fingerprint density at radius 2 is 1.95 bits per heavy atom. The van der Waals surface area contributed by atoms with Gasteiger partial charge in [0.1, 0.15) is 11.4 Å². The van der Waals surface area contributed by atoms with Gasteiger partial charge in [-0.05, 0) is 23.8 Å². The van der Waals surface area contributed by atoms with E-state index in [0.29, 0.717) is 11.3 Å². The number of carboxylic acid groups (broad SMARTS) is 1. The molecule has 19 heavy (non-hydrogen) atoms. The molecule has 0 saturated carbocycles. The minimum Gasteiger partial charge on any atom is -0.477 e. The number of nitrogens with one attached hydrogen (secondary N) is 1. The zero-order valence-corrected chi connectivity index (χ0v) is 10.5. The van der Waals surface area contributed by atoms with E-state index in [9.17, 15) is 14.4 Å². The Bertz CT molecular complexity index is 548. The molecule has 0 aliphatic rings. The molecule has 0 unspecified atom stereocenters. The van der Waals surface area contributed by atoms with E-state index in [4.69, 9.17) is 9.84 Å². The van der Waals surface area contributed by atoms with Gasteiger partial charge >= 0.3 is 11.9 Å². The minimum absolute atomic E-state index is 0.257. The van der Waals surface area contributed by atoms with Crippen LogP contribution in [0.2, 0.25) is 0 Å². The van der Waals surface area contributed by atoms with Gasteiger partial charge in [0, 0.05) is 13.8 Å². The van der Waals surface area contributed by atoms with Crippen LogP contribution in [0.3, 0.4) is 0 Å². The molecule has 0 bridgehead atoms. The molecule has 0 spiro atoms. The predicted molar refractivity (Wildman–Crippen MR) is 67.2 cm³/mol. The summed E-state index contributed by atoms with van der Waals surface area (Å²) < 4.78 is 4.88. The highest BCUT2D eigenvalue weighted by atomic mass is 16.5.